The van der Waals surface area contributed by atoms with E-state index in [1.165, 1.54) is 13.2 Å². The first kappa shape index (κ1) is 17.4. The average molecular weight is 340 g/mol. The zero-order chi connectivity index (χ0) is 17.1. The van der Waals surface area contributed by atoms with Gasteiger partial charge in [0.05, 0.1) is 23.4 Å². The number of hydrogen-bond acceptors (Lipinski definition) is 4. The Morgan fingerprint density at radius 1 is 1.30 bits per heavy atom. The number of carbonyl (C=O) groups excluding carboxylic acids is 2. The predicted molar refractivity (Wildman–Crippen MR) is 89.7 cm³/mol. The number of rotatable bonds is 3. The highest BCUT2D eigenvalue weighted by atomic mass is 35.5. The fourth-order valence-electron chi connectivity index (χ4n) is 2.77. The highest BCUT2D eigenvalue weighted by Gasteiger charge is 2.29. The number of amides is 2. The Kier molecular flexibility index (Phi) is 5.36. The highest BCUT2D eigenvalue weighted by Crippen LogP contribution is 2.31. The van der Waals surface area contributed by atoms with E-state index in [1.807, 2.05) is 0 Å². The van der Waals surface area contributed by atoms with Crippen molar-refractivity contribution in [3.8, 4) is 5.75 Å². The quantitative estimate of drug-likeness (QED) is 0.853. The third-order valence-electron chi connectivity index (χ3n) is 4.12. The maximum Gasteiger partial charge on any atom is 0.257 e. The molecule has 23 heavy (non-hydrogen) atoms. The van der Waals surface area contributed by atoms with Gasteiger partial charge in [0.2, 0.25) is 5.91 Å². The molecule has 1 aliphatic heterocycles. The monoisotopic (exact) mass is 339 g/mol. The van der Waals surface area contributed by atoms with Crippen LogP contribution in [-0.2, 0) is 4.79 Å². The lowest BCUT2D eigenvalue weighted by Gasteiger charge is -2.32. The molecule has 0 radical (unpaired) electrons. The van der Waals surface area contributed by atoms with Gasteiger partial charge >= 0.3 is 0 Å². The summed E-state index contributed by atoms with van der Waals surface area (Å²) in [6.45, 7) is 1.07. The molecule has 0 aromatic heterocycles. The number of nitrogens with two attached hydrogens (primary N) is 1. The van der Waals surface area contributed by atoms with Crippen molar-refractivity contribution >= 4 is 29.1 Å². The van der Waals surface area contributed by atoms with Gasteiger partial charge in [0, 0.05) is 39.2 Å². The molecule has 2 amide bonds. The molecular formula is C16H22ClN3O3. The van der Waals surface area contributed by atoms with Crippen LogP contribution in [-0.4, -0.2) is 55.9 Å². The van der Waals surface area contributed by atoms with Gasteiger partial charge in [0.1, 0.15) is 5.75 Å². The van der Waals surface area contributed by atoms with Crippen LogP contribution in [0, 0.1) is 5.92 Å². The van der Waals surface area contributed by atoms with Crippen LogP contribution in [0.15, 0.2) is 12.1 Å². The first-order valence-corrected chi connectivity index (χ1v) is 7.86. The molecule has 0 bridgehead atoms. The summed E-state index contributed by atoms with van der Waals surface area (Å²) in [4.78, 5) is 28.0. The van der Waals surface area contributed by atoms with E-state index in [4.69, 9.17) is 22.1 Å². The summed E-state index contributed by atoms with van der Waals surface area (Å²) in [5, 5.41) is 0.326. The lowest BCUT2D eigenvalue weighted by molar-refractivity contribution is -0.134. The first-order chi connectivity index (χ1) is 10.8. The maximum atomic E-state index is 12.7. The van der Waals surface area contributed by atoms with Crippen LogP contribution in [0.3, 0.4) is 0 Å². The van der Waals surface area contributed by atoms with Crippen molar-refractivity contribution in [2.24, 2.45) is 5.92 Å². The molecule has 1 saturated heterocycles. The SMILES string of the molecule is COc1cc(N)c(Cl)cc1C(=O)N1CCC(C(=O)N(C)C)CC1. The van der Waals surface area contributed by atoms with Gasteiger partial charge in [0.25, 0.3) is 5.91 Å². The Bertz CT molecular complexity index is 611. The predicted octanol–water partition coefficient (Wildman–Crippen LogP) is 1.87. The van der Waals surface area contributed by atoms with Crippen molar-refractivity contribution in [3.63, 3.8) is 0 Å². The molecule has 1 fully saturated rings. The van der Waals surface area contributed by atoms with E-state index >= 15 is 0 Å². The molecule has 1 aromatic rings. The van der Waals surface area contributed by atoms with E-state index < -0.39 is 0 Å². The minimum Gasteiger partial charge on any atom is -0.496 e. The van der Waals surface area contributed by atoms with E-state index in [9.17, 15) is 9.59 Å². The maximum absolute atomic E-state index is 12.7. The second-order valence-electron chi connectivity index (χ2n) is 5.87. The summed E-state index contributed by atoms with van der Waals surface area (Å²) in [7, 11) is 4.99. The summed E-state index contributed by atoms with van der Waals surface area (Å²) < 4.78 is 5.24. The van der Waals surface area contributed by atoms with E-state index in [-0.39, 0.29) is 17.7 Å². The molecule has 0 unspecified atom stereocenters. The van der Waals surface area contributed by atoms with Crippen LogP contribution in [0.5, 0.6) is 5.75 Å². The Morgan fingerprint density at radius 3 is 2.43 bits per heavy atom. The smallest absolute Gasteiger partial charge is 0.257 e. The van der Waals surface area contributed by atoms with E-state index in [0.717, 1.165) is 0 Å². The van der Waals surface area contributed by atoms with Gasteiger partial charge < -0.3 is 20.3 Å². The lowest BCUT2D eigenvalue weighted by Crippen LogP contribution is -2.42. The third kappa shape index (κ3) is 3.69. The second kappa shape index (κ2) is 7.08. The standard InChI is InChI=1S/C16H22ClN3O3/c1-19(2)15(21)10-4-6-20(7-5-10)16(22)11-8-12(17)13(18)9-14(11)23-3/h8-10H,4-7,18H2,1-3H3. The topological polar surface area (TPSA) is 75.9 Å². The number of piperidine rings is 1. The van der Waals surface area contributed by atoms with Crippen LogP contribution >= 0.6 is 11.6 Å². The number of nitrogens with zero attached hydrogens (tertiary/aromatic N) is 2. The molecule has 0 spiro atoms. The molecule has 2 N–H and O–H groups in total. The minimum atomic E-state index is -0.153. The summed E-state index contributed by atoms with van der Waals surface area (Å²) in [6, 6.07) is 3.09. The molecule has 0 saturated carbocycles. The second-order valence-corrected chi connectivity index (χ2v) is 6.28. The van der Waals surface area contributed by atoms with Gasteiger partial charge in [-0.05, 0) is 18.9 Å². The molecule has 126 valence electrons. The molecule has 6 nitrogen and oxygen atoms in total. The number of hydrogen-bond donors (Lipinski definition) is 1. The Labute approximate surface area is 141 Å². The van der Waals surface area contributed by atoms with Gasteiger partial charge in [0.15, 0.2) is 0 Å². The van der Waals surface area contributed by atoms with Gasteiger partial charge in [-0.3, -0.25) is 9.59 Å². The molecule has 1 aliphatic rings. The molecular weight excluding hydrogens is 318 g/mol. The third-order valence-corrected chi connectivity index (χ3v) is 4.45. The van der Waals surface area contributed by atoms with Crippen LogP contribution in [0.4, 0.5) is 5.69 Å². The summed E-state index contributed by atoms with van der Waals surface area (Å²) in [5.41, 5.74) is 6.51. The van der Waals surface area contributed by atoms with Crippen molar-refractivity contribution in [2.45, 2.75) is 12.8 Å². The summed E-state index contributed by atoms with van der Waals surface area (Å²) in [6.07, 6.45) is 1.32. The van der Waals surface area contributed by atoms with Crippen molar-refractivity contribution < 1.29 is 14.3 Å². The fourth-order valence-corrected chi connectivity index (χ4v) is 2.93. The molecule has 7 heteroatoms. The van der Waals surface area contributed by atoms with E-state index in [1.54, 1.807) is 30.0 Å². The minimum absolute atomic E-state index is 0.0223. The van der Waals surface area contributed by atoms with Gasteiger partial charge in [-0.25, -0.2) is 0 Å². The molecule has 0 aliphatic carbocycles. The molecule has 1 aromatic carbocycles. The van der Waals surface area contributed by atoms with Crippen molar-refractivity contribution in [3.05, 3.63) is 22.7 Å². The zero-order valence-electron chi connectivity index (χ0n) is 13.6. The van der Waals surface area contributed by atoms with Crippen molar-refractivity contribution in [2.75, 3.05) is 40.0 Å². The van der Waals surface area contributed by atoms with Gasteiger partial charge in [-0.15, -0.1) is 0 Å². The van der Waals surface area contributed by atoms with Gasteiger partial charge in [-0.2, -0.15) is 0 Å². The van der Waals surface area contributed by atoms with Crippen LogP contribution < -0.4 is 10.5 Å². The average Bonchev–Trinajstić information content (AvgIpc) is 2.55. The first-order valence-electron chi connectivity index (χ1n) is 7.48. The molecule has 0 atom stereocenters. The van der Waals surface area contributed by atoms with Crippen molar-refractivity contribution in [1.82, 2.24) is 9.80 Å². The number of nitrogen functional groups attached to an aromatic ring is 1. The van der Waals surface area contributed by atoms with Gasteiger partial charge in [-0.1, -0.05) is 11.6 Å². The normalized spacial score (nSPS) is 15.4. The molecule has 1 heterocycles. The Morgan fingerprint density at radius 2 is 1.91 bits per heavy atom. The number of carbonyl (C=O) groups is 2. The van der Waals surface area contributed by atoms with Crippen LogP contribution in [0.2, 0.25) is 5.02 Å². The zero-order valence-corrected chi connectivity index (χ0v) is 14.4. The van der Waals surface area contributed by atoms with Crippen molar-refractivity contribution in [1.29, 1.82) is 0 Å². The van der Waals surface area contributed by atoms with E-state index in [0.29, 0.717) is 48.0 Å². The van der Waals surface area contributed by atoms with E-state index in [2.05, 4.69) is 0 Å². The van der Waals surface area contributed by atoms with Crippen LogP contribution in [0.1, 0.15) is 23.2 Å². The number of ether oxygens (including phenoxy) is 1. The highest BCUT2D eigenvalue weighted by molar-refractivity contribution is 6.33. The fraction of sp³-hybridized carbons (Fsp3) is 0.500. The Balaban J connectivity index is 2.11. The largest absolute Gasteiger partial charge is 0.496 e. The number of anilines is 1. The number of benzene rings is 1. The summed E-state index contributed by atoms with van der Waals surface area (Å²) >= 11 is 6.02. The van der Waals surface area contributed by atoms with Crippen LogP contribution in [0.25, 0.3) is 0 Å². The number of likely N-dealkylation sites (tertiary alicyclic amines) is 1. The molecule has 2 rings (SSSR count). The number of methoxy groups -OCH3 is 1. The number of halogens is 1. The summed E-state index contributed by atoms with van der Waals surface area (Å²) in [5.74, 6) is 0.346. The Hall–Kier alpha value is -1.95. The lowest BCUT2D eigenvalue weighted by atomic mass is 9.95.